The number of hydrogen-bond acceptors (Lipinski definition) is 6. The van der Waals surface area contributed by atoms with Gasteiger partial charge in [-0.05, 0) is 57.1 Å². The summed E-state index contributed by atoms with van der Waals surface area (Å²) < 4.78 is 5.24. The minimum Gasteiger partial charge on any atom is -0.512 e. The third-order valence-electron chi connectivity index (χ3n) is 3.53. The van der Waals surface area contributed by atoms with Crippen molar-refractivity contribution in [1.29, 1.82) is 0 Å². The number of anilines is 2. The van der Waals surface area contributed by atoms with Gasteiger partial charge in [0, 0.05) is 47.4 Å². The summed E-state index contributed by atoms with van der Waals surface area (Å²) in [5.41, 5.74) is 4.07. The van der Waals surface area contributed by atoms with Gasteiger partial charge in [-0.3, -0.25) is 4.79 Å². The van der Waals surface area contributed by atoms with E-state index in [9.17, 15) is 4.79 Å². The second-order valence-electron chi connectivity index (χ2n) is 6.38. The van der Waals surface area contributed by atoms with Crippen LogP contribution in [-0.2, 0) is 25.9 Å². The van der Waals surface area contributed by atoms with E-state index in [1.165, 1.54) is 19.9 Å². The van der Waals surface area contributed by atoms with Crippen LogP contribution >= 0.6 is 0 Å². The number of aromatic nitrogens is 1. The van der Waals surface area contributed by atoms with Crippen molar-refractivity contribution in [2.45, 2.75) is 13.8 Å². The van der Waals surface area contributed by atoms with Crippen LogP contribution in [0.2, 0.25) is 0 Å². The van der Waals surface area contributed by atoms with Crippen molar-refractivity contribution >= 4 is 17.2 Å². The molecule has 0 fully saturated rings. The molecule has 0 saturated carbocycles. The van der Waals surface area contributed by atoms with Gasteiger partial charge in [0.15, 0.2) is 5.78 Å². The van der Waals surface area contributed by atoms with E-state index < -0.39 is 0 Å². The minimum absolute atomic E-state index is 0. The normalized spacial score (nSPS) is 10.2. The van der Waals surface area contributed by atoms with E-state index in [4.69, 9.17) is 9.84 Å². The van der Waals surface area contributed by atoms with Gasteiger partial charge in [0.25, 0.3) is 0 Å². The zero-order valence-electron chi connectivity index (χ0n) is 17.4. The Morgan fingerprint density at radius 1 is 1.14 bits per heavy atom. The van der Waals surface area contributed by atoms with Crippen molar-refractivity contribution in [3.05, 3.63) is 48.4 Å². The quantitative estimate of drug-likeness (QED) is 0.339. The van der Waals surface area contributed by atoms with Crippen LogP contribution in [0.4, 0.5) is 11.4 Å². The third kappa shape index (κ3) is 8.13. The Hall–Kier alpha value is -2.33. The summed E-state index contributed by atoms with van der Waals surface area (Å²) in [7, 11) is 9.78. The molecule has 1 N–H and O–H groups in total. The van der Waals surface area contributed by atoms with Gasteiger partial charge in [-0.25, -0.2) is 0 Å². The number of hydrogen-bond donors (Lipinski definition) is 1. The first-order valence-electron chi connectivity index (χ1n) is 8.44. The molecule has 0 radical (unpaired) electrons. The molecule has 2 rings (SSSR count). The first-order valence-corrected chi connectivity index (χ1v) is 8.44. The van der Waals surface area contributed by atoms with E-state index in [1.54, 1.807) is 13.3 Å². The van der Waals surface area contributed by atoms with E-state index in [2.05, 4.69) is 26.9 Å². The van der Waals surface area contributed by atoms with E-state index in [-0.39, 0.29) is 32.6 Å². The number of ketones is 1. The molecule has 0 bridgehead atoms. The zero-order valence-corrected chi connectivity index (χ0v) is 19.7. The number of allylic oxidation sites excluding steroid dienone is 2. The summed E-state index contributed by atoms with van der Waals surface area (Å²) >= 11 is 0. The van der Waals surface area contributed by atoms with E-state index in [0.29, 0.717) is 0 Å². The molecular weight excluding hydrogens is 537 g/mol. The van der Waals surface area contributed by atoms with Gasteiger partial charge >= 0.3 is 0 Å². The summed E-state index contributed by atoms with van der Waals surface area (Å²) in [5, 5.41) is 8.36. The van der Waals surface area contributed by atoms with Crippen LogP contribution in [0.3, 0.4) is 0 Å². The third-order valence-corrected chi connectivity index (χ3v) is 3.53. The van der Waals surface area contributed by atoms with Crippen LogP contribution in [-0.4, -0.2) is 51.2 Å². The fourth-order valence-electron chi connectivity index (χ4n) is 2.32. The molecule has 0 atom stereocenters. The molecule has 0 aliphatic heterocycles. The average Bonchev–Trinajstić information content (AvgIpc) is 2.60. The standard InChI is InChI=1S/C16H20N3O.C5H8O2.Pt/c1-18(2)15-7-6-12(10-16(15)19(3)4)14-11-13(20-5)8-9-17-14;1-4(6)3-5(2)7;/h7-11H,1-5H3;3,6H,1-2H3;/q-1;;/b;4-3-;. The van der Waals surface area contributed by atoms with Gasteiger partial charge in [0.05, 0.1) is 12.9 Å². The number of pyridine rings is 1. The Bertz CT molecular complexity index is 801. The van der Waals surface area contributed by atoms with Gasteiger partial charge in [-0.2, -0.15) is 0 Å². The molecule has 156 valence electrons. The van der Waals surface area contributed by atoms with E-state index in [0.717, 1.165) is 28.4 Å². The smallest absolute Gasteiger partial charge is 0.155 e. The van der Waals surface area contributed by atoms with Crippen LogP contribution in [0.15, 0.2) is 42.3 Å². The molecular formula is C21H28N3O3Pt-. The SMILES string of the molecule is CC(=O)/C=C(/C)O.COc1ccnc(-c2[c-]cc(N(C)C)c(N(C)C)c2)c1.[Pt]. The molecule has 0 saturated heterocycles. The number of aliphatic hydroxyl groups excluding tert-OH is 1. The van der Waals surface area contributed by atoms with Gasteiger partial charge in [0.1, 0.15) is 5.75 Å². The van der Waals surface area contributed by atoms with Crippen molar-refractivity contribution in [2.75, 3.05) is 45.1 Å². The van der Waals surface area contributed by atoms with E-state index >= 15 is 0 Å². The Balaban J connectivity index is 0.000000786. The minimum atomic E-state index is -0.125. The number of methoxy groups -OCH3 is 1. The monoisotopic (exact) mass is 565 g/mol. The fraction of sp³-hybridized carbons (Fsp3) is 0.333. The predicted octanol–water partition coefficient (Wildman–Crippen LogP) is 3.72. The first-order chi connectivity index (χ1) is 12.6. The van der Waals surface area contributed by atoms with Gasteiger partial charge in [-0.15, -0.1) is 23.8 Å². The molecule has 0 aliphatic carbocycles. The van der Waals surface area contributed by atoms with Crippen molar-refractivity contribution in [3.63, 3.8) is 0 Å². The zero-order chi connectivity index (χ0) is 20.6. The van der Waals surface area contributed by atoms with Crippen molar-refractivity contribution in [2.24, 2.45) is 0 Å². The summed E-state index contributed by atoms with van der Waals surface area (Å²) in [6.07, 6.45) is 2.91. The largest absolute Gasteiger partial charge is 0.512 e. The number of nitrogens with zero attached hydrogens (tertiary/aromatic N) is 3. The van der Waals surface area contributed by atoms with Crippen molar-refractivity contribution < 1.29 is 35.7 Å². The van der Waals surface area contributed by atoms with Crippen LogP contribution in [0.25, 0.3) is 11.3 Å². The molecule has 6 nitrogen and oxygen atoms in total. The fourth-order valence-corrected chi connectivity index (χ4v) is 2.32. The molecule has 7 heteroatoms. The number of aliphatic hydroxyl groups is 1. The molecule has 0 spiro atoms. The maximum Gasteiger partial charge on any atom is 0.155 e. The van der Waals surface area contributed by atoms with Gasteiger partial charge < -0.3 is 24.6 Å². The van der Waals surface area contributed by atoms with Crippen molar-refractivity contribution in [3.8, 4) is 17.0 Å². The predicted molar refractivity (Wildman–Crippen MR) is 111 cm³/mol. The van der Waals surface area contributed by atoms with Crippen LogP contribution in [0.5, 0.6) is 5.75 Å². The number of rotatable bonds is 5. The van der Waals surface area contributed by atoms with Crippen LogP contribution in [0.1, 0.15) is 13.8 Å². The Labute approximate surface area is 182 Å². The first kappa shape index (κ1) is 25.7. The number of carbonyl (C=O) groups is 1. The summed E-state index contributed by atoms with van der Waals surface area (Å²) in [5.74, 6) is 0.735. The second-order valence-corrected chi connectivity index (χ2v) is 6.38. The maximum absolute atomic E-state index is 10.0. The Kier molecular flexibility index (Phi) is 11.2. The number of carbonyl (C=O) groups excluding carboxylic acids is 1. The topological polar surface area (TPSA) is 65.9 Å². The summed E-state index contributed by atoms with van der Waals surface area (Å²) in [6, 6.07) is 11.1. The van der Waals surface area contributed by atoms with Gasteiger partial charge in [0.2, 0.25) is 0 Å². The maximum atomic E-state index is 10.0. The van der Waals surface area contributed by atoms with Gasteiger partial charge in [-0.1, -0.05) is 0 Å². The van der Waals surface area contributed by atoms with E-state index in [1.807, 2.05) is 46.4 Å². The average molecular weight is 566 g/mol. The Morgan fingerprint density at radius 3 is 2.18 bits per heavy atom. The van der Waals surface area contributed by atoms with Crippen LogP contribution in [0, 0.1) is 6.07 Å². The molecule has 28 heavy (non-hydrogen) atoms. The Morgan fingerprint density at radius 2 is 1.75 bits per heavy atom. The molecule has 2 aromatic rings. The molecule has 0 amide bonds. The number of benzene rings is 1. The number of ether oxygens (including phenoxy) is 1. The molecule has 0 unspecified atom stereocenters. The van der Waals surface area contributed by atoms with Crippen molar-refractivity contribution in [1.82, 2.24) is 4.98 Å². The second kappa shape index (κ2) is 12.2. The molecule has 1 aromatic heterocycles. The molecule has 1 aromatic carbocycles. The van der Waals surface area contributed by atoms with Crippen LogP contribution < -0.4 is 14.5 Å². The summed E-state index contributed by atoms with van der Waals surface area (Å²) in [6.45, 7) is 2.85. The summed E-state index contributed by atoms with van der Waals surface area (Å²) in [4.78, 5) is 18.6. The molecule has 0 aliphatic rings. The molecule has 1 heterocycles.